The maximum Gasteiger partial charge on any atom is 0.242 e. The van der Waals surface area contributed by atoms with E-state index in [1.807, 2.05) is 19.1 Å². The smallest absolute Gasteiger partial charge is 0.242 e. The van der Waals surface area contributed by atoms with Gasteiger partial charge in [-0.05, 0) is 44.7 Å². The standard InChI is InChI=1S/C18H26N2O2/c1-13(18(22)19-12-15-7-4-3-5-8-15)20-17-10-6-9-16(11-17)14(2)21/h6,9-11,13,15,20H,3-5,7-8,12H2,1-2H3,(H,19,22)/t13-/m1/s1. The molecule has 0 spiro atoms. The molecule has 0 unspecified atom stereocenters. The van der Waals surface area contributed by atoms with Crippen molar-refractivity contribution in [3.05, 3.63) is 29.8 Å². The lowest BCUT2D eigenvalue weighted by Gasteiger charge is -2.23. The van der Waals surface area contributed by atoms with Gasteiger partial charge in [0.1, 0.15) is 6.04 Å². The van der Waals surface area contributed by atoms with Crippen LogP contribution < -0.4 is 10.6 Å². The van der Waals surface area contributed by atoms with E-state index in [1.165, 1.54) is 32.1 Å². The summed E-state index contributed by atoms with van der Waals surface area (Å²) >= 11 is 0. The Hall–Kier alpha value is -1.84. The van der Waals surface area contributed by atoms with Crippen LogP contribution in [0.4, 0.5) is 5.69 Å². The Bertz CT molecular complexity index is 522. The molecule has 0 radical (unpaired) electrons. The lowest BCUT2D eigenvalue weighted by atomic mass is 9.89. The highest BCUT2D eigenvalue weighted by atomic mass is 16.2. The maximum atomic E-state index is 12.2. The molecule has 4 nitrogen and oxygen atoms in total. The van der Waals surface area contributed by atoms with E-state index in [0.29, 0.717) is 11.5 Å². The first-order valence-corrected chi connectivity index (χ1v) is 8.21. The van der Waals surface area contributed by atoms with E-state index in [4.69, 9.17) is 0 Å². The normalized spacial score (nSPS) is 16.8. The maximum absolute atomic E-state index is 12.2. The average Bonchev–Trinajstić information content (AvgIpc) is 2.53. The van der Waals surface area contributed by atoms with Crippen LogP contribution in [0.1, 0.15) is 56.3 Å². The number of ketones is 1. The van der Waals surface area contributed by atoms with Crippen molar-refractivity contribution in [3.63, 3.8) is 0 Å². The molecule has 1 aliphatic carbocycles. The second-order valence-corrected chi connectivity index (χ2v) is 6.25. The molecule has 0 bridgehead atoms. The number of nitrogens with one attached hydrogen (secondary N) is 2. The number of amides is 1. The fraction of sp³-hybridized carbons (Fsp3) is 0.556. The molecule has 4 heteroatoms. The van der Waals surface area contributed by atoms with Gasteiger partial charge in [-0.25, -0.2) is 0 Å². The highest BCUT2D eigenvalue weighted by molar-refractivity contribution is 5.95. The molecule has 1 atom stereocenters. The molecule has 0 aliphatic heterocycles. The van der Waals surface area contributed by atoms with Crippen molar-refractivity contribution in [3.8, 4) is 0 Å². The molecule has 0 saturated heterocycles. The molecule has 1 aromatic carbocycles. The molecule has 0 aromatic heterocycles. The van der Waals surface area contributed by atoms with E-state index in [0.717, 1.165) is 12.2 Å². The Kier molecular flexibility index (Phi) is 5.99. The van der Waals surface area contributed by atoms with Crippen molar-refractivity contribution in [1.82, 2.24) is 5.32 Å². The monoisotopic (exact) mass is 302 g/mol. The highest BCUT2D eigenvalue weighted by Gasteiger charge is 2.17. The summed E-state index contributed by atoms with van der Waals surface area (Å²) in [4.78, 5) is 23.6. The largest absolute Gasteiger partial charge is 0.374 e. The minimum absolute atomic E-state index is 0.0128. The second-order valence-electron chi connectivity index (χ2n) is 6.25. The quantitative estimate of drug-likeness (QED) is 0.792. The Balaban J connectivity index is 1.82. The van der Waals surface area contributed by atoms with Crippen LogP contribution in [-0.2, 0) is 4.79 Å². The number of benzene rings is 1. The lowest BCUT2D eigenvalue weighted by Crippen LogP contribution is -2.40. The molecule has 2 rings (SSSR count). The van der Waals surface area contributed by atoms with Crippen LogP contribution in [-0.4, -0.2) is 24.3 Å². The molecule has 1 amide bonds. The van der Waals surface area contributed by atoms with Gasteiger partial charge < -0.3 is 10.6 Å². The lowest BCUT2D eigenvalue weighted by molar-refractivity contribution is -0.121. The minimum atomic E-state index is -0.314. The van der Waals surface area contributed by atoms with E-state index in [9.17, 15) is 9.59 Å². The Morgan fingerprint density at radius 2 is 1.95 bits per heavy atom. The van der Waals surface area contributed by atoms with Crippen LogP contribution in [0.2, 0.25) is 0 Å². The Morgan fingerprint density at radius 1 is 1.23 bits per heavy atom. The summed E-state index contributed by atoms with van der Waals surface area (Å²) < 4.78 is 0. The third-order valence-corrected chi connectivity index (χ3v) is 4.34. The number of hydrogen-bond donors (Lipinski definition) is 2. The average molecular weight is 302 g/mol. The zero-order chi connectivity index (χ0) is 15.9. The third-order valence-electron chi connectivity index (χ3n) is 4.34. The SMILES string of the molecule is CC(=O)c1cccc(N[C@H](C)C(=O)NCC2CCCCC2)c1. The number of anilines is 1. The van der Waals surface area contributed by atoms with E-state index in [2.05, 4.69) is 10.6 Å². The van der Waals surface area contributed by atoms with Gasteiger partial charge in [-0.15, -0.1) is 0 Å². The number of carbonyl (C=O) groups is 2. The van der Waals surface area contributed by atoms with Gasteiger partial charge in [0, 0.05) is 17.8 Å². The van der Waals surface area contributed by atoms with Crippen LogP contribution in [0, 0.1) is 5.92 Å². The van der Waals surface area contributed by atoms with E-state index in [-0.39, 0.29) is 17.7 Å². The Labute approximate surface area is 132 Å². The molecule has 120 valence electrons. The van der Waals surface area contributed by atoms with Gasteiger partial charge in [0.15, 0.2) is 5.78 Å². The summed E-state index contributed by atoms with van der Waals surface area (Å²) in [7, 11) is 0. The predicted molar refractivity (Wildman–Crippen MR) is 89.1 cm³/mol. The van der Waals surface area contributed by atoms with Gasteiger partial charge in [-0.2, -0.15) is 0 Å². The first-order valence-electron chi connectivity index (χ1n) is 8.21. The van der Waals surface area contributed by atoms with E-state index in [1.54, 1.807) is 19.1 Å². The minimum Gasteiger partial charge on any atom is -0.374 e. The van der Waals surface area contributed by atoms with Gasteiger partial charge in [0.05, 0.1) is 0 Å². The summed E-state index contributed by atoms with van der Waals surface area (Å²) in [6.07, 6.45) is 6.35. The first-order chi connectivity index (χ1) is 10.6. The van der Waals surface area contributed by atoms with Crippen molar-refractivity contribution in [2.45, 2.75) is 52.0 Å². The van der Waals surface area contributed by atoms with Crippen molar-refractivity contribution >= 4 is 17.4 Å². The summed E-state index contributed by atoms with van der Waals surface area (Å²) in [5.74, 6) is 0.669. The van der Waals surface area contributed by atoms with Gasteiger partial charge in [-0.3, -0.25) is 9.59 Å². The van der Waals surface area contributed by atoms with Gasteiger partial charge in [-0.1, -0.05) is 31.4 Å². The van der Waals surface area contributed by atoms with E-state index >= 15 is 0 Å². The number of rotatable bonds is 6. The van der Waals surface area contributed by atoms with Crippen LogP contribution >= 0.6 is 0 Å². The molecular formula is C18H26N2O2. The van der Waals surface area contributed by atoms with Gasteiger partial charge in [0.2, 0.25) is 5.91 Å². The molecule has 2 N–H and O–H groups in total. The molecule has 22 heavy (non-hydrogen) atoms. The number of carbonyl (C=O) groups excluding carboxylic acids is 2. The molecule has 0 heterocycles. The van der Waals surface area contributed by atoms with Gasteiger partial charge >= 0.3 is 0 Å². The summed E-state index contributed by atoms with van der Waals surface area (Å²) in [6.45, 7) is 4.16. The summed E-state index contributed by atoms with van der Waals surface area (Å²) in [5, 5.41) is 6.20. The van der Waals surface area contributed by atoms with Crippen molar-refractivity contribution in [2.75, 3.05) is 11.9 Å². The molecule has 1 aliphatic rings. The summed E-state index contributed by atoms with van der Waals surface area (Å²) in [6, 6.07) is 6.95. The Morgan fingerprint density at radius 3 is 2.64 bits per heavy atom. The zero-order valence-electron chi connectivity index (χ0n) is 13.5. The molecule has 1 fully saturated rings. The predicted octanol–water partition coefficient (Wildman–Crippen LogP) is 3.39. The van der Waals surface area contributed by atoms with Crippen LogP contribution in [0.3, 0.4) is 0 Å². The van der Waals surface area contributed by atoms with Crippen LogP contribution in [0.5, 0.6) is 0 Å². The van der Waals surface area contributed by atoms with Crippen LogP contribution in [0.25, 0.3) is 0 Å². The van der Waals surface area contributed by atoms with Crippen LogP contribution in [0.15, 0.2) is 24.3 Å². The summed E-state index contributed by atoms with van der Waals surface area (Å²) in [5.41, 5.74) is 1.45. The van der Waals surface area contributed by atoms with Gasteiger partial charge in [0.25, 0.3) is 0 Å². The zero-order valence-corrected chi connectivity index (χ0v) is 13.5. The fourth-order valence-corrected chi connectivity index (χ4v) is 2.93. The molecular weight excluding hydrogens is 276 g/mol. The first kappa shape index (κ1) is 16.5. The number of hydrogen-bond acceptors (Lipinski definition) is 3. The fourth-order valence-electron chi connectivity index (χ4n) is 2.93. The topological polar surface area (TPSA) is 58.2 Å². The highest BCUT2D eigenvalue weighted by Crippen LogP contribution is 2.22. The third kappa shape index (κ3) is 4.86. The van der Waals surface area contributed by atoms with Crippen molar-refractivity contribution in [1.29, 1.82) is 0 Å². The van der Waals surface area contributed by atoms with Crippen molar-refractivity contribution in [2.24, 2.45) is 5.92 Å². The number of Topliss-reactive ketones (excluding diaryl/α,β-unsaturated/α-hetero) is 1. The second kappa shape index (κ2) is 7.97. The van der Waals surface area contributed by atoms with Crippen molar-refractivity contribution < 1.29 is 9.59 Å². The molecule has 1 saturated carbocycles. The van der Waals surface area contributed by atoms with E-state index < -0.39 is 0 Å². The molecule has 1 aromatic rings.